The van der Waals surface area contributed by atoms with Gasteiger partial charge in [0.2, 0.25) is 0 Å². The number of hydrogen-bond donors (Lipinski definition) is 0. The van der Waals surface area contributed by atoms with Gasteiger partial charge in [-0.2, -0.15) is 0 Å². The fourth-order valence-electron chi connectivity index (χ4n) is 4.01. The Morgan fingerprint density at radius 1 is 0.783 bits per heavy atom. The topological polar surface area (TPSA) is 35.5 Å². The van der Waals surface area contributed by atoms with Crippen molar-refractivity contribution in [3.8, 4) is 11.5 Å². The molecule has 0 aromatic heterocycles. The minimum Gasteiger partial charge on any atom is -0.416 e. The van der Waals surface area contributed by atoms with Crippen LogP contribution in [0.3, 0.4) is 0 Å². The first kappa shape index (κ1) is 14.8. The summed E-state index contributed by atoms with van der Waals surface area (Å²) in [6, 6.07) is 18.8. The summed E-state index contributed by atoms with van der Waals surface area (Å²) in [4.78, 5) is 0. The van der Waals surface area contributed by atoms with Gasteiger partial charge in [-0.05, 0) is 55.4 Å². The van der Waals surface area contributed by atoms with Gasteiger partial charge in [0.1, 0.15) is 11.5 Å². The summed E-state index contributed by atoms with van der Waals surface area (Å²) in [7, 11) is -3.25. The van der Waals surface area contributed by atoms with Gasteiger partial charge in [-0.3, -0.25) is 0 Å². The first-order chi connectivity index (χ1) is 11.2. The third kappa shape index (κ3) is 3.03. The molecule has 3 nitrogen and oxygen atoms in total. The second-order valence-corrected chi connectivity index (χ2v) is 8.70. The molecule has 2 aromatic rings. The van der Waals surface area contributed by atoms with E-state index in [9.17, 15) is 4.57 Å². The molecule has 120 valence electrons. The molecule has 0 unspecified atom stereocenters. The summed E-state index contributed by atoms with van der Waals surface area (Å²) in [5.74, 6) is 2.40. The largest absolute Gasteiger partial charge is 0.434 e. The molecule has 0 spiro atoms. The maximum atomic E-state index is 13.7. The molecule has 0 radical (unpaired) electrons. The summed E-state index contributed by atoms with van der Waals surface area (Å²) >= 11 is 0. The summed E-state index contributed by atoms with van der Waals surface area (Å²) in [5.41, 5.74) is 0.0154. The molecule has 0 amide bonds. The highest BCUT2D eigenvalue weighted by atomic mass is 31.2. The van der Waals surface area contributed by atoms with E-state index in [2.05, 4.69) is 0 Å². The lowest BCUT2D eigenvalue weighted by Gasteiger charge is -2.30. The van der Waals surface area contributed by atoms with E-state index < -0.39 is 7.60 Å². The van der Waals surface area contributed by atoms with E-state index >= 15 is 0 Å². The zero-order valence-corrected chi connectivity index (χ0v) is 13.9. The van der Waals surface area contributed by atoms with Gasteiger partial charge in [0.05, 0.1) is 5.66 Å². The fourth-order valence-corrected chi connectivity index (χ4v) is 6.49. The van der Waals surface area contributed by atoms with Crippen LogP contribution in [0.2, 0.25) is 0 Å². The molecule has 0 saturated heterocycles. The molecule has 2 aliphatic carbocycles. The number of hydrogen-bond acceptors (Lipinski definition) is 3. The molecule has 23 heavy (non-hydrogen) atoms. The van der Waals surface area contributed by atoms with Crippen molar-refractivity contribution in [3.63, 3.8) is 0 Å². The third-order valence-corrected chi connectivity index (χ3v) is 7.43. The van der Waals surface area contributed by atoms with E-state index in [1.807, 2.05) is 60.7 Å². The average molecular weight is 328 g/mol. The highest BCUT2D eigenvalue weighted by Crippen LogP contribution is 2.64. The summed E-state index contributed by atoms with van der Waals surface area (Å²) in [6.45, 7) is 0. The monoisotopic (exact) mass is 328 g/mol. The minimum atomic E-state index is -3.25. The van der Waals surface area contributed by atoms with Gasteiger partial charge in [-0.25, -0.2) is 4.57 Å². The molecule has 0 aliphatic heterocycles. The SMILES string of the molecule is O=P(Oc1ccccc1)(Oc1ccccc1)[C@@H]1C[C@H]2CC[C@@H]1C2. The Kier molecular flexibility index (Phi) is 3.90. The van der Waals surface area contributed by atoms with E-state index in [-0.39, 0.29) is 5.66 Å². The first-order valence-corrected chi connectivity index (χ1v) is 9.93. The zero-order chi connectivity index (χ0) is 15.7. The molecular formula is C19H21O3P. The van der Waals surface area contributed by atoms with Gasteiger partial charge in [-0.15, -0.1) is 0 Å². The zero-order valence-electron chi connectivity index (χ0n) is 13.0. The fraction of sp³-hybridized carbons (Fsp3) is 0.368. The Morgan fingerprint density at radius 3 is 1.78 bits per heavy atom. The van der Waals surface area contributed by atoms with Gasteiger partial charge in [0.15, 0.2) is 0 Å². The third-order valence-electron chi connectivity index (χ3n) is 5.06. The van der Waals surface area contributed by atoms with Crippen LogP contribution in [0.25, 0.3) is 0 Å². The lowest BCUT2D eigenvalue weighted by atomic mass is 10.0. The van der Waals surface area contributed by atoms with E-state index in [4.69, 9.17) is 9.05 Å². The number of para-hydroxylation sites is 2. The standard InChI is InChI=1S/C19H21O3P/c20-23(21-17-7-3-1-4-8-17,22-18-9-5-2-6-10-18)19-14-15-11-12-16(19)13-15/h1-10,15-16,19H,11-14H2/t15-,16+,19+/m0/s1. The summed E-state index contributed by atoms with van der Waals surface area (Å²) in [5, 5.41) is 0. The van der Waals surface area contributed by atoms with Crippen LogP contribution in [0.1, 0.15) is 25.7 Å². The maximum absolute atomic E-state index is 13.7. The maximum Gasteiger partial charge on any atom is 0.434 e. The highest BCUT2D eigenvalue weighted by molar-refractivity contribution is 7.55. The van der Waals surface area contributed by atoms with Crippen LogP contribution in [0, 0.1) is 11.8 Å². The molecule has 2 saturated carbocycles. The van der Waals surface area contributed by atoms with Crippen molar-refractivity contribution < 1.29 is 13.6 Å². The minimum absolute atomic E-state index is 0.0154. The van der Waals surface area contributed by atoms with Crippen molar-refractivity contribution in [2.24, 2.45) is 11.8 Å². The molecule has 2 aliphatic rings. The van der Waals surface area contributed by atoms with Crippen molar-refractivity contribution in [1.82, 2.24) is 0 Å². The van der Waals surface area contributed by atoms with Crippen molar-refractivity contribution >= 4 is 7.60 Å². The Labute approximate surface area is 137 Å². The van der Waals surface area contributed by atoms with Crippen LogP contribution >= 0.6 is 7.60 Å². The molecule has 0 heterocycles. The second kappa shape index (κ2) is 6.05. The Hall–Kier alpha value is -1.73. The average Bonchev–Trinajstić information content (AvgIpc) is 3.20. The molecule has 0 N–H and O–H groups in total. The molecule has 3 atom stereocenters. The normalized spacial score (nSPS) is 26.2. The molecule has 2 aromatic carbocycles. The summed E-state index contributed by atoms with van der Waals surface area (Å²) in [6.07, 6.45) is 4.54. The molecular weight excluding hydrogens is 307 g/mol. The summed E-state index contributed by atoms with van der Waals surface area (Å²) < 4.78 is 25.7. The number of fused-ring (bicyclic) bond motifs is 2. The highest BCUT2D eigenvalue weighted by Gasteiger charge is 2.52. The quantitative estimate of drug-likeness (QED) is 0.677. The molecule has 4 rings (SSSR count). The van der Waals surface area contributed by atoms with Crippen LogP contribution < -0.4 is 9.05 Å². The van der Waals surface area contributed by atoms with Crippen molar-refractivity contribution in [2.45, 2.75) is 31.3 Å². The van der Waals surface area contributed by atoms with Crippen LogP contribution in [0.5, 0.6) is 11.5 Å². The van der Waals surface area contributed by atoms with Gasteiger partial charge >= 0.3 is 7.60 Å². The van der Waals surface area contributed by atoms with E-state index in [0.29, 0.717) is 23.3 Å². The van der Waals surface area contributed by atoms with Crippen molar-refractivity contribution in [2.75, 3.05) is 0 Å². The van der Waals surface area contributed by atoms with E-state index in [1.54, 1.807) is 0 Å². The van der Waals surface area contributed by atoms with Gasteiger partial charge in [-0.1, -0.05) is 42.8 Å². The predicted molar refractivity (Wildman–Crippen MR) is 91.0 cm³/mol. The first-order valence-electron chi connectivity index (χ1n) is 8.32. The van der Waals surface area contributed by atoms with Crippen molar-refractivity contribution in [1.29, 1.82) is 0 Å². The van der Waals surface area contributed by atoms with Gasteiger partial charge in [0, 0.05) is 0 Å². The number of benzene rings is 2. The smallest absolute Gasteiger partial charge is 0.416 e. The van der Waals surface area contributed by atoms with Crippen LogP contribution in [-0.4, -0.2) is 5.66 Å². The van der Waals surface area contributed by atoms with E-state index in [0.717, 1.165) is 12.8 Å². The lowest BCUT2D eigenvalue weighted by Crippen LogP contribution is -2.22. The number of rotatable bonds is 5. The molecule has 2 bridgehead atoms. The Balaban J connectivity index is 1.64. The van der Waals surface area contributed by atoms with Crippen LogP contribution in [0.4, 0.5) is 0 Å². The Morgan fingerprint density at radius 2 is 1.35 bits per heavy atom. The second-order valence-electron chi connectivity index (χ2n) is 6.59. The Bertz CT molecular complexity index is 656. The van der Waals surface area contributed by atoms with E-state index in [1.165, 1.54) is 12.8 Å². The molecule has 2 fully saturated rings. The van der Waals surface area contributed by atoms with Crippen molar-refractivity contribution in [3.05, 3.63) is 60.7 Å². The van der Waals surface area contributed by atoms with Crippen LogP contribution in [0.15, 0.2) is 60.7 Å². The van der Waals surface area contributed by atoms with Crippen LogP contribution in [-0.2, 0) is 4.57 Å². The lowest BCUT2D eigenvalue weighted by molar-refractivity contribution is 0.343. The molecule has 4 heteroatoms. The predicted octanol–water partition coefficient (Wildman–Crippen LogP) is 5.53. The van der Waals surface area contributed by atoms with Gasteiger partial charge in [0.25, 0.3) is 0 Å². The van der Waals surface area contributed by atoms with Gasteiger partial charge < -0.3 is 9.05 Å².